The molecule has 0 unspecified atom stereocenters. The van der Waals surface area contributed by atoms with Crippen molar-refractivity contribution >= 4 is 5.91 Å². The van der Waals surface area contributed by atoms with Gasteiger partial charge in [-0.1, -0.05) is 45.7 Å². The standard InChI is InChI=1S/C22H29NO2/c1-22(2,3)18-12-10-16(11-13-18)21(24)23-20-9-5-4-7-17(20)15-19-8-6-14-25-19/h6,8,10-14,17,20H,4-5,7,9,15H2,1-3H3,(H,23,24)/t17-,20-/m0/s1. The molecular weight excluding hydrogens is 310 g/mol. The molecule has 0 aliphatic heterocycles. The topological polar surface area (TPSA) is 42.2 Å². The third-order valence-electron chi connectivity index (χ3n) is 5.28. The average Bonchev–Trinajstić information content (AvgIpc) is 3.09. The van der Waals surface area contributed by atoms with E-state index in [1.807, 2.05) is 24.3 Å². The van der Waals surface area contributed by atoms with Crippen LogP contribution in [0.25, 0.3) is 0 Å². The van der Waals surface area contributed by atoms with Crippen LogP contribution in [-0.4, -0.2) is 11.9 Å². The first-order valence-electron chi connectivity index (χ1n) is 9.37. The number of rotatable bonds is 4. The number of amides is 1. The van der Waals surface area contributed by atoms with Crippen molar-refractivity contribution < 1.29 is 9.21 Å². The zero-order chi connectivity index (χ0) is 17.9. The molecule has 1 amide bonds. The van der Waals surface area contributed by atoms with Gasteiger partial charge in [-0.15, -0.1) is 0 Å². The first kappa shape index (κ1) is 17.8. The summed E-state index contributed by atoms with van der Waals surface area (Å²) in [6.07, 6.45) is 7.25. The van der Waals surface area contributed by atoms with Crippen LogP contribution in [-0.2, 0) is 11.8 Å². The molecule has 1 fully saturated rings. The number of carbonyl (C=O) groups is 1. The molecular formula is C22H29NO2. The summed E-state index contributed by atoms with van der Waals surface area (Å²) in [5, 5.41) is 3.28. The molecule has 1 aliphatic carbocycles. The second-order valence-electron chi connectivity index (χ2n) is 8.24. The third-order valence-corrected chi connectivity index (χ3v) is 5.28. The van der Waals surface area contributed by atoms with Crippen LogP contribution in [0, 0.1) is 5.92 Å². The molecule has 0 saturated heterocycles. The van der Waals surface area contributed by atoms with Gasteiger partial charge < -0.3 is 9.73 Å². The van der Waals surface area contributed by atoms with Gasteiger partial charge in [0.1, 0.15) is 5.76 Å². The van der Waals surface area contributed by atoms with Crippen LogP contribution in [0.5, 0.6) is 0 Å². The number of benzene rings is 1. The molecule has 1 aromatic heterocycles. The van der Waals surface area contributed by atoms with Gasteiger partial charge in [0.25, 0.3) is 5.91 Å². The predicted molar refractivity (Wildman–Crippen MR) is 101 cm³/mol. The van der Waals surface area contributed by atoms with Crippen molar-refractivity contribution in [1.29, 1.82) is 0 Å². The highest BCUT2D eigenvalue weighted by Crippen LogP contribution is 2.28. The summed E-state index contributed by atoms with van der Waals surface area (Å²) < 4.78 is 5.51. The Morgan fingerprint density at radius 2 is 1.84 bits per heavy atom. The molecule has 3 heteroatoms. The lowest BCUT2D eigenvalue weighted by atomic mass is 9.81. The first-order valence-corrected chi connectivity index (χ1v) is 9.37. The van der Waals surface area contributed by atoms with Crippen LogP contribution in [0.3, 0.4) is 0 Å². The van der Waals surface area contributed by atoms with E-state index >= 15 is 0 Å². The van der Waals surface area contributed by atoms with Crippen molar-refractivity contribution in [1.82, 2.24) is 5.32 Å². The van der Waals surface area contributed by atoms with Crippen LogP contribution < -0.4 is 5.32 Å². The fraction of sp³-hybridized carbons (Fsp3) is 0.500. The van der Waals surface area contributed by atoms with Gasteiger partial charge in [0, 0.05) is 18.0 Å². The summed E-state index contributed by atoms with van der Waals surface area (Å²) >= 11 is 0. The fourth-order valence-corrected chi connectivity index (χ4v) is 3.70. The lowest BCUT2D eigenvalue weighted by Gasteiger charge is -2.32. The Kier molecular flexibility index (Phi) is 5.31. The Morgan fingerprint density at radius 3 is 2.48 bits per heavy atom. The molecule has 1 aliphatic rings. The number of hydrogen-bond donors (Lipinski definition) is 1. The minimum Gasteiger partial charge on any atom is -0.469 e. The Bertz CT molecular complexity index is 680. The molecule has 0 radical (unpaired) electrons. The van der Waals surface area contributed by atoms with Crippen LogP contribution >= 0.6 is 0 Å². The van der Waals surface area contributed by atoms with Gasteiger partial charge in [0.05, 0.1) is 6.26 Å². The lowest BCUT2D eigenvalue weighted by molar-refractivity contribution is 0.0904. The van der Waals surface area contributed by atoms with Crippen LogP contribution in [0.1, 0.15) is 68.1 Å². The highest BCUT2D eigenvalue weighted by Gasteiger charge is 2.27. The van der Waals surface area contributed by atoms with Crippen molar-refractivity contribution in [3.8, 4) is 0 Å². The Balaban J connectivity index is 1.65. The van der Waals surface area contributed by atoms with Crippen molar-refractivity contribution in [2.45, 2.75) is 64.3 Å². The molecule has 3 nitrogen and oxygen atoms in total. The minimum absolute atomic E-state index is 0.0387. The Labute approximate surface area is 150 Å². The van der Waals surface area contributed by atoms with Crippen LogP contribution in [0.2, 0.25) is 0 Å². The summed E-state index contributed by atoms with van der Waals surface area (Å²) in [6.45, 7) is 6.55. The molecule has 0 spiro atoms. The molecule has 3 rings (SSSR count). The monoisotopic (exact) mass is 339 g/mol. The second-order valence-corrected chi connectivity index (χ2v) is 8.24. The maximum Gasteiger partial charge on any atom is 0.251 e. The largest absolute Gasteiger partial charge is 0.469 e. The molecule has 1 aromatic carbocycles. The molecule has 0 bridgehead atoms. The first-order chi connectivity index (χ1) is 11.9. The fourth-order valence-electron chi connectivity index (χ4n) is 3.70. The van der Waals surface area contributed by atoms with E-state index in [2.05, 4.69) is 38.2 Å². The Hall–Kier alpha value is -2.03. The van der Waals surface area contributed by atoms with Gasteiger partial charge in [-0.3, -0.25) is 4.79 Å². The van der Waals surface area contributed by atoms with E-state index in [1.54, 1.807) is 6.26 Å². The molecule has 1 heterocycles. The van der Waals surface area contributed by atoms with Crippen molar-refractivity contribution in [2.24, 2.45) is 5.92 Å². The van der Waals surface area contributed by atoms with Gasteiger partial charge in [0.2, 0.25) is 0 Å². The molecule has 1 saturated carbocycles. The van der Waals surface area contributed by atoms with E-state index in [9.17, 15) is 4.79 Å². The summed E-state index contributed by atoms with van der Waals surface area (Å²) in [5.74, 6) is 1.51. The third kappa shape index (κ3) is 4.53. The minimum atomic E-state index is 0.0387. The zero-order valence-electron chi connectivity index (χ0n) is 15.5. The van der Waals surface area contributed by atoms with E-state index in [4.69, 9.17) is 4.42 Å². The van der Waals surface area contributed by atoms with E-state index < -0.39 is 0 Å². The van der Waals surface area contributed by atoms with Gasteiger partial charge in [0.15, 0.2) is 0 Å². The van der Waals surface area contributed by atoms with E-state index in [-0.39, 0.29) is 17.4 Å². The quantitative estimate of drug-likeness (QED) is 0.841. The summed E-state index contributed by atoms with van der Waals surface area (Å²) in [4.78, 5) is 12.7. The normalized spacial score (nSPS) is 21.1. The number of furan rings is 1. The van der Waals surface area contributed by atoms with Gasteiger partial charge in [-0.05, 0) is 54.0 Å². The van der Waals surface area contributed by atoms with Crippen molar-refractivity contribution in [3.63, 3.8) is 0 Å². The maximum absolute atomic E-state index is 12.7. The van der Waals surface area contributed by atoms with E-state index in [0.717, 1.165) is 30.6 Å². The van der Waals surface area contributed by atoms with Gasteiger partial charge in [-0.25, -0.2) is 0 Å². The maximum atomic E-state index is 12.7. The highest BCUT2D eigenvalue weighted by molar-refractivity contribution is 5.94. The second kappa shape index (κ2) is 7.47. The van der Waals surface area contributed by atoms with Crippen molar-refractivity contribution in [3.05, 3.63) is 59.5 Å². The SMILES string of the molecule is CC(C)(C)c1ccc(C(=O)N[C@H]2CCCC[C@H]2Cc2ccco2)cc1. The van der Waals surface area contributed by atoms with E-state index in [0.29, 0.717) is 5.92 Å². The van der Waals surface area contributed by atoms with Crippen molar-refractivity contribution in [2.75, 3.05) is 0 Å². The number of nitrogens with one attached hydrogen (secondary N) is 1. The van der Waals surface area contributed by atoms with E-state index in [1.165, 1.54) is 18.4 Å². The average molecular weight is 339 g/mol. The predicted octanol–water partition coefficient (Wildman–Crippen LogP) is 5.11. The summed E-state index contributed by atoms with van der Waals surface area (Å²) in [7, 11) is 0. The number of carbonyl (C=O) groups excluding carboxylic acids is 1. The summed E-state index contributed by atoms with van der Waals surface area (Å²) in [5.41, 5.74) is 2.10. The molecule has 1 N–H and O–H groups in total. The smallest absolute Gasteiger partial charge is 0.251 e. The Morgan fingerprint density at radius 1 is 1.12 bits per heavy atom. The molecule has 25 heavy (non-hydrogen) atoms. The zero-order valence-corrected chi connectivity index (χ0v) is 15.5. The van der Waals surface area contributed by atoms with Gasteiger partial charge in [-0.2, -0.15) is 0 Å². The molecule has 2 aromatic rings. The molecule has 134 valence electrons. The van der Waals surface area contributed by atoms with Crippen LogP contribution in [0.4, 0.5) is 0 Å². The summed E-state index contributed by atoms with van der Waals surface area (Å²) in [6, 6.07) is 12.2. The highest BCUT2D eigenvalue weighted by atomic mass is 16.3. The van der Waals surface area contributed by atoms with Crippen LogP contribution in [0.15, 0.2) is 47.1 Å². The lowest BCUT2D eigenvalue weighted by Crippen LogP contribution is -2.42. The number of hydrogen-bond acceptors (Lipinski definition) is 2. The molecule has 2 atom stereocenters. The van der Waals surface area contributed by atoms with Gasteiger partial charge >= 0.3 is 0 Å².